The van der Waals surface area contributed by atoms with Gasteiger partial charge in [-0.3, -0.25) is 4.79 Å². The summed E-state index contributed by atoms with van der Waals surface area (Å²) in [6, 6.07) is 12.9. The first-order valence-corrected chi connectivity index (χ1v) is 7.59. The lowest BCUT2D eigenvalue weighted by Crippen LogP contribution is -2.31. The average molecular weight is 338 g/mol. The maximum atomic E-state index is 12.1. The SMILES string of the molecule is Cc1ccccc1CN(C)C(=O)COc1ccc(Cl)cc1Cl. The van der Waals surface area contributed by atoms with Crippen LogP contribution in [0.5, 0.6) is 5.75 Å². The molecule has 0 fully saturated rings. The Labute approximate surface area is 140 Å². The summed E-state index contributed by atoms with van der Waals surface area (Å²) in [6.07, 6.45) is 0. The second-order valence-electron chi connectivity index (χ2n) is 5.04. The van der Waals surface area contributed by atoms with Gasteiger partial charge in [0.05, 0.1) is 5.02 Å². The number of benzene rings is 2. The smallest absolute Gasteiger partial charge is 0.260 e. The lowest BCUT2D eigenvalue weighted by Gasteiger charge is -2.19. The summed E-state index contributed by atoms with van der Waals surface area (Å²) in [6.45, 7) is 2.50. The Morgan fingerprint density at radius 1 is 1.18 bits per heavy atom. The fourth-order valence-electron chi connectivity index (χ4n) is 1.97. The Kier molecular flexibility index (Phi) is 5.69. The lowest BCUT2D eigenvalue weighted by molar-refractivity contribution is -0.132. The first-order chi connectivity index (χ1) is 10.5. The highest BCUT2D eigenvalue weighted by atomic mass is 35.5. The molecule has 5 heteroatoms. The van der Waals surface area contributed by atoms with Gasteiger partial charge in [0.1, 0.15) is 5.75 Å². The number of likely N-dealkylation sites (N-methyl/N-ethyl adjacent to an activating group) is 1. The van der Waals surface area contributed by atoms with E-state index in [2.05, 4.69) is 0 Å². The summed E-state index contributed by atoms with van der Waals surface area (Å²) in [4.78, 5) is 13.8. The Balaban J connectivity index is 1.93. The second kappa shape index (κ2) is 7.52. The number of aryl methyl sites for hydroxylation is 1. The minimum absolute atomic E-state index is 0.0657. The van der Waals surface area contributed by atoms with Crippen molar-refractivity contribution in [3.05, 3.63) is 63.6 Å². The Hall–Kier alpha value is -1.71. The number of halogens is 2. The standard InChI is InChI=1S/C17H17Cl2NO2/c1-12-5-3-4-6-13(12)10-20(2)17(21)11-22-16-8-7-14(18)9-15(16)19/h3-9H,10-11H2,1-2H3. The molecule has 0 atom stereocenters. The van der Waals surface area contributed by atoms with Crippen LogP contribution in [0.25, 0.3) is 0 Å². The number of ether oxygens (including phenoxy) is 1. The number of amides is 1. The number of hydrogen-bond acceptors (Lipinski definition) is 2. The van der Waals surface area contributed by atoms with Gasteiger partial charge >= 0.3 is 0 Å². The van der Waals surface area contributed by atoms with Gasteiger partial charge in [-0.2, -0.15) is 0 Å². The predicted octanol–water partition coefficient (Wildman–Crippen LogP) is 4.34. The molecular weight excluding hydrogens is 321 g/mol. The summed E-state index contributed by atoms with van der Waals surface area (Å²) < 4.78 is 5.46. The molecule has 2 aromatic carbocycles. The third kappa shape index (κ3) is 4.39. The van der Waals surface area contributed by atoms with Crippen molar-refractivity contribution in [1.82, 2.24) is 4.90 Å². The fourth-order valence-corrected chi connectivity index (χ4v) is 2.44. The molecule has 22 heavy (non-hydrogen) atoms. The zero-order chi connectivity index (χ0) is 16.1. The summed E-state index contributed by atoms with van der Waals surface area (Å²) in [7, 11) is 1.75. The van der Waals surface area contributed by atoms with Crippen LogP contribution in [-0.4, -0.2) is 24.5 Å². The molecule has 0 radical (unpaired) electrons. The summed E-state index contributed by atoms with van der Waals surface area (Å²) >= 11 is 11.8. The minimum atomic E-state index is -0.116. The van der Waals surface area contributed by atoms with Crippen LogP contribution in [0.2, 0.25) is 10.0 Å². The van der Waals surface area contributed by atoms with Crippen molar-refractivity contribution in [3.8, 4) is 5.75 Å². The number of nitrogens with zero attached hydrogens (tertiary/aromatic N) is 1. The van der Waals surface area contributed by atoms with Crippen LogP contribution >= 0.6 is 23.2 Å². The van der Waals surface area contributed by atoms with Gasteiger partial charge < -0.3 is 9.64 Å². The molecule has 2 rings (SSSR count). The molecule has 0 aromatic heterocycles. The van der Waals surface area contributed by atoms with E-state index in [4.69, 9.17) is 27.9 Å². The molecule has 0 saturated carbocycles. The highest BCUT2D eigenvalue weighted by molar-refractivity contribution is 6.35. The van der Waals surface area contributed by atoms with Crippen LogP contribution in [-0.2, 0) is 11.3 Å². The van der Waals surface area contributed by atoms with Gasteiger partial charge in [0.25, 0.3) is 5.91 Å². The van der Waals surface area contributed by atoms with Crippen LogP contribution in [0.4, 0.5) is 0 Å². The van der Waals surface area contributed by atoms with E-state index in [-0.39, 0.29) is 12.5 Å². The van der Waals surface area contributed by atoms with Gasteiger partial charge in [-0.05, 0) is 36.2 Å². The normalized spacial score (nSPS) is 10.4. The minimum Gasteiger partial charge on any atom is -0.482 e. The molecule has 0 aliphatic heterocycles. The summed E-state index contributed by atoms with van der Waals surface area (Å²) in [5.41, 5.74) is 2.27. The Morgan fingerprint density at radius 3 is 2.59 bits per heavy atom. The van der Waals surface area contributed by atoms with Crippen LogP contribution in [0.3, 0.4) is 0 Å². The van der Waals surface area contributed by atoms with Crippen LogP contribution in [0.1, 0.15) is 11.1 Å². The van der Waals surface area contributed by atoms with E-state index in [9.17, 15) is 4.79 Å². The largest absolute Gasteiger partial charge is 0.482 e. The number of rotatable bonds is 5. The van der Waals surface area contributed by atoms with E-state index in [0.29, 0.717) is 22.3 Å². The molecule has 0 unspecified atom stereocenters. The highest BCUT2D eigenvalue weighted by Crippen LogP contribution is 2.27. The molecule has 2 aromatic rings. The van der Waals surface area contributed by atoms with Crippen molar-refractivity contribution < 1.29 is 9.53 Å². The first-order valence-electron chi connectivity index (χ1n) is 6.83. The topological polar surface area (TPSA) is 29.5 Å². The van der Waals surface area contributed by atoms with Crippen molar-refractivity contribution in [2.45, 2.75) is 13.5 Å². The molecule has 0 bridgehead atoms. The van der Waals surface area contributed by atoms with Gasteiger partial charge in [0.2, 0.25) is 0 Å². The van der Waals surface area contributed by atoms with Crippen LogP contribution in [0.15, 0.2) is 42.5 Å². The third-order valence-electron chi connectivity index (χ3n) is 3.34. The van der Waals surface area contributed by atoms with E-state index < -0.39 is 0 Å². The van der Waals surface area contributed by atoms with Crippen molar-refractivity contribution in [2.75, 3.05) is 13.7 Å². The molecular formula is C17H17Cl2NO2. The van der Waals surface area contributed by atoms with Gasteiger partial charge in [-0.25, -0.2) is 0 Å². The number of hydrogen-bond donors (Lipinski definition) is 0. The molecule has 3 nitrogen and oxygen atoms in total. The van der Waals surface area contributed by atoms with E-state index in [1.165, 1.54) is 0 Å². The first kappa shape index (κ1) is 16.7. The molecule has 0 saturated heterocycles. The van der Waals surface area contributed by atoms with E-state index >= 15 is 0 Å². The van der Waals surface area contributed by atoms with Gasteiger partial charge in [-0.1, -0.05) is 47.5 Å². The maximum Gasteiger partial charge on any atom is 0.260 e. The number of carbonyl (C=O) groups is 1. The summed E-state index contributed by atoms with van der Waals surface area (Å²) in [5, 5.41) is 0.919. The molecule has 116 valence electrons. The lowest BCUT2D eigenvalue weighted by atomic mass is 10.1. The molecule has 1 amide bonds. The Morgan fingerprint density at radius 2 is 1.91 bits per heavy atom. The number of carbonyl (C=O) groups excluding carboxylic acids is 1. The molecule has 0 aliphatic rings. The fraction of sp³-hybridized carbons (Fsp3) is 0.235. The molecule has 0 aliphatic carbocycles. The average Bonchev–Trinajstić information content (AvgIpc) is 2.48. The Bertz CT molecular complexity index is 673. The van der Waals surface area contributed by atoms with E-state index in [1.54, 1.807) is 30.1 Å². The van der Waals surface area contributed by atoms with Crippen molar-refractivity contribution >= 4 is 29.1 Å². The van der Waals surface area contributed by atoms with Crippen LogP contribution in [0, 0.1) is 6.92 Å². The van der Waals surface area contributed by atoms with Gasteiger partial charge in [0, 0.05) is 18.6 Å². The van der Waals surface area contributed by atoms with Crippen molar-refractivity contribution in [1.29, 1.82) is 0 Å². The third-order valence-corrected chi connectivity index (χ3v) is 3.87. The van der Waals surface area contributed by atoms with E-state index in [1.807, 2.05) is 31.2 Å². The zero-order valence-corrected chi connectivity index (χ0v) is 14.0. The molecule has 0 N–H and O–H groups in total. The van der Waals surface area contributed by atoms with Crippen LogP contribution < -0.4 is 4.74 Å². The van der Waals surface area contributed by atoms with Gasteiger partial charge in [0.15, 0.2) is 6.61 Å². The quantitative estimate of drug-likeness (QED) is 0.812. The zero-order valence-electron chi connectivity index (χ0n) is 12.5. The summed E-state index contributed by atoms with van der Waals surface area (Å²) in [5.74, 6) is 0.331. The highest BCUT2D eigenvalue weighted by Gasteiger charge is 2.12. The second-order valence-corrected chi connectivity index (χ2v) is 5.88. The van der Waals surface area contributed by atoms with Gasteiger partial charge in [-0.15, -0.1) is 0 Å². The monoisotopic (exact) mass is 337 g/mol. The maximum absolute atomic E-state index is 12.1. The molecule has 0 heterocycles. The molecule has 0 spiro atoms. The predicted molar refractivity (Wildman–Crippen MR) is 89.6 cm³/mol. The van der Waals surface area contributed by atoms with E-state index in [0.717, 1.165) is 11.1 Å². The van der Waals surface area contributed by atoms with Crippen molar-refractivity contribution in [3.63, 3.8) is 0 Å². The van der Waals surface area contributed by atoms with Crippen molar-refractivity contribution in [2.24, 2.45) is 0 Å².